The van der Waals surface area contributed by atoms with Gasteiger partial charge in [0.1, 0.15) is 0 Å². The van der Waals surface area contributed by atoms with Crippen LogP contribution in [0.1, 0.15) is 11.1 Å². The van der Waals surface area contributed by atoms with E-state index in [-0.39, 0.29) is 0 Å². The molecule has 130 valence electrons. The fraction of sp³-hybridized carbons (Fsp3) is 0.235. The summed E-state index contributed by atoms with van der Waals surface area (Å²) >= 11 is 7.49. The Labute approximate surface area is 155 Å². The van der Waals surface area contributed by atoms with Crippen LogP contribution in [0.4, 0.5) is 0 Å². The zero-order valence-electron chi connectivity index (χ0n) is 14.1. The summed E-state index contributed by atoms with van der Waals surface area (Å²) in [7, 11) is 3.26. The van der Waals surface area contributed by atoms with Crippen LogP contribution in [0.3, 0.4) is 0 Å². The lowest BCUT2D eigenvalue weighted by Crippen LogP contribution is -1.99. The van der Waals surface area contributed by atoms with Gasteiger partial charge < -0.3 is 9.47 Å². The smallest absolute Gasteiger partial charge is 0.214 e. The largest absolute Gasteiger partial charge is 0.493 e. The van der Waals surface area contributed by atoms with Crippen molar-refractivity contribution in [3.63, 3.8) is 0 Å². The van der Waals surface area contributed by atoms with E-state index in [1.54, 1.807) is 30.7 Å². The summed E-state index contributed by atoms with van der Waals surface area (Å²) in [5.74, 6) is 2.14. The fourth-order valence-corrected chi connectivity index (χ4v) is 3.41. The number of tetrazole rings is 1. The van der Waals surface area contributed by atoms with E-state index >= 15 is 0 Å². The summed E-state index contributed by atoms with van der Waals surface area (Å²) in [6.45, 7) is 2.04. The summed E-state index contributed by atoms with van der Waals surface area (Å²) in [4.78, 5) is 0. The maximum Gasteiger partial charge on any atom is 0.214 e. The molecule has 2 aromatic carbocycles. The Balaban J connectivity index is 1.81. The van der Waals surface area contributed by atoms with E-state index in [1.807, 2.05) is 43.3 Å². The van der Waals surface area contributed by atoms with Gasteiger partial charge in [-0.15, -0.1) is 5.10 Å². The first-order valence-corrected chi connectivity index (χ1v) is 8.87. The summed E-state index contributed by atoms with van der Waals surface area (Å²) in [6, 6.07) is 11.3. The molecule has 0 atom stereocenters. The first-order valence-electron chi connectivity index (χ1n) is 7.51. The van der Waals surface area contributed by atoms with Gasteiger partial charge in [-0.3, -0.25) is 0 Å². The molecule has 0 amide bonds. The van der Waals surface area contributed by atoms with Crippen molar-refractivity contribution in [2.75, 3.05) is 14.2 Å². The van der Waals surface area contributed by atoms with Gasteiger partial charge in [0.15, 0.2) is 11.5 Å². The highest BCUT2D eigenvalue weighted by molar-refractivity contribution is 7.98. The number of aryl methyl sites for hydroxylation is 1. The number of hydrogen-bond acceptors (Lipinski definition) is 6. The average Bonchev–Trinajstić information content (AvgIpc) is 3.09. The second-order valence-corrected chi connectivity index (χ2v) is 6.65. The number of aromatic nitrogens is 4. The van der Waals surface area contributed by atoms with Crippen molar-refractivity contribution in [3.8, 4) is 17.2 Å². The number of halogens is 1. The van der Waals surface area contributed by atoms with Gasteiger partial charge in [0.2, 0.25) is 5.16 Å². The minimum atomic E-state index is 0.673. The molecule has 6 nitrogen and oxygen atoms in total. The van der Waals surface area contributed by atoms with Gasteiger partial charge in [-0.1, -0.05) is 23.4 Å². The number of thioether (sulfide) groups is 1. The number of ether oxygens (including phenoxy) is 2. The lowest BCUT2D eigenvalue weighted by atomic mass is 10.1. The van der Waals surface area contributed by atoms with Crippen LogP contribution in [0.25, 0.3) is 5.69 Å². The van der Waals surface area contributed by atoms with Crippen LogP contribution in [0.2, 0.25) is 5.02 Å². The molecule has 0 saturated heterocycles. The Hall–Kier alpha value is -2.25. The van der Waals surface area contributed by atoms with Crippen molar-refractivity contribution in [2.45, 2.75) is 17.8 Å². The van der Waals surface area contributed by atoms with Crippen LogP contribution in [-0.2, 0) is 5.75 Å². The maximum absolute atomic E-state index is 5.94. The molecule has 0 aliphatic carbocycles. The average molecular weight is 377 g/mol. The quantitative estimate of drug-likeness (QED) is 0.607. The standard InChI is InChI=1S/C17H17ClN4O2S/c1-11-8-15(23-2)16(24-3)9-12(11)10-25-17-19-20-21-22(17)14-6-4-13(18)5-7-14/h4-9H,10H2,1-3H3. The van der Waals surface area contributed by atoms with Crippen molar-refractivity contribution >= 4 is 23.4 Å². The lowest BCUT2D eigenvalue weighted by Gasteiger charge is -2.12. The molecule has 1 aromatic heterocycles. The fourth-order valence-electron chi connectivity index (χ4n) is 2.33. The molecule has 0 spiro atoms. The van der Waals surface area contributed by atoms with Crippen LogP contribution in [0, 0.1) is 6.92 Å². The van der Waals surface area contributed by atoms with Crippen molar-refractivity contribution in [3.05, 3.63) is 52.5 Å². The molecule has 0 fully saturated rings. The van der Waals surface area contributed by atoms with Crippen LogP contribution in [0.15, 0.2) is 41.6 Å². The molecule has 0 N–H and O–H groups in total. The third kappa shape index (κ3) is 3.88. The van der Waals surface area contributed by atoms with Crippen molar-refractivity contribution in [2.24, 2.45) is 0 Å². The maximum atomic E-state index is 5.94. The molecule has 0 unspecified atom stereocenters. The molecule has 0 saturated carbocycles. The number of hydrogen-bond donors (Lipinski definition) is 0. The Bertz CT molecular complexity index is 868. The molecule has 3 aromatic rings. The first kappa shape index (κ1) is 17.6. The summed E-state index contributed by atoms with van der Waals surface area (Å²) < 4.78 is 12.4. The number of methoxy groups -OCH3 is 2. The van der Waals surface area contributed by atoms with Crippen molar-refractivity contribution in [1.29, 1.82) is 0 Å². The lowest BCUT2D eigenvalue weighted by molar-refractivity contribution is 0.354. The van der Waals surface area contributed by atoms with Crippen LogP contribution < -0.4 is 9.47 Å². The third-order valence-corrected chi connectivity index (χ3v) is 4.93. The molecule has 0 aliphatic rings. The summed E-state index contributed by atoms with van der Waals surface area (Å²) in [5, 5.41) is 13.3. The van der Waals surface area contributed by atoms with Gasteiger partial charge in [0, 0.05) is 10.8 Å². The topological polar surface area (TPSA) is 62.1 Å². The SMILES string of the molecule is COc1cc(C)c(CSc2nnnn2-c2ccc(Cl)cc2)cc1OC. The molecule has 3 rings (SSSR count). The molecule has 1 heterocycles. The number of nitrogens with zero attached hydrogens (tertiary/aromatic N) is 4. The molecular weight excluding hydrogens is 360 g/mol. The molecule has 0 radical (unpaired) electrons. The Morgan fingerprint density at radius 3 is 2.44 bits per heavy atom. The zero-order valence-corrected chi connectivity index (χ0v) is 15.6. The Kier molecular flexibility index (Phi) is 5.45. The number of benzene rings is 2. The predicted octanol–water partition coefficient (Wildman–Crippen LogP) is 3.93. The highest BCUT2D eigenvalue weighted by atomic mass is 35.5. The zero-order chi connectivity index (χ0) is 17.8. The summed E-state index contributed by atoms with van der Waals surface area (Å²) in [6.07, 6.45) is 0. The van der Waals surface area contributed by atoms with E-state index in [2.05, 4.69) is 15.5 Å². The molecule has 25 heavy (non-hydrogen) atoms. The van der Waals surface area contributed by atoms with E-state index in [0.717, 1.165) is 22.6 Å². The Morgan fingerprint density at radius 1 is 1.08 bits per heavy atom. The van der Waals surface area contributed by atoms with Gasteiger partial charge in [0.05, 0.1) is 19.9 Å². The monoisotopic (exact) mass is 376 g/mol. The van der Waals surface area contributed by atoms with E-state index in [9.17, 15) is 0 Å². The molecular formula is C17H17ClN4O2S. The third-order valence-electron chi connectivity index (χ3n) is 3.71. The second kappa shape index (κ2) is 7.76. The minimum Gasteiger partial charge on any atom is -0.493 e. The van der Waals surface area contributed by atoms with Gasteiger partial charge in [-0.2, -0.15) is 4.68 Å². The van der Waals surface area contributed by atoms with Crippen LogP contribution >= 0.6 is 23.4 Å². The normalized spacial score (nSPS) is 10.7. The van der Waals surface area contributed by atoms with E-state index in [4.69, 9.17) is 21.1 Å². The van der Waals surface area contributed by atoms with Gasteiger partial charge >= 0.3 is 0 Å². The highest BCUT2D eigenvalue weighted by Crippen LogP contribution is 2.33. The van der Waals surface area contributed by atoms with Gasteiger partial charge in [-0.25, -0.2) is 0 Å². The van der Waals surface area contributed by atoms with Crippen LogP contribution in [0.5, 0.6) is 11.5 Å². The minimum absolute atomic E-state index is 0.673. The highest BCUT2D eigenvalue weighted by Gasteiger charge is 2.13. The first-order chi connectivity index (χ1) is 12.1. The van der Waals surface area contributed by atoms with E-state index < -0.39 is 0 Å². The predicted molar refractivity (Wildman–Crippen MR) is 98.0 cm³/mol. The van der Waals surface area contributed by atoms with Crippen LogP contribution in [-0.4, -0.2) is 34.4 Å². The van der Waals surface area contributed by atoms with Gasteiger partial charge in [0.25, 0.3) is 0 Å². The summed E-state index contributed by atoms with van der Waals surface area (Å²) in [5.41, 5.74) is 3.12. The van der Waals surface area contributed by atoms with Crippen molar-refractivity contribution < 1.29 is 9.47 Å². The molecule has 0 bridgehead atoms. The Morgan fingerprint density at radius 2 is 1.76 bits per heavy atom. The van der Waals surface area contributed by atoms with E-state index in [0.29, 0.717) is 21.7 Å². The van der Waals surface area contributed by atoms with Gasteiger partial charge in [-0.05, 0) is 64.9 Å². The molecule has 8 heteroatoms. The van der Waals surface area contributed by atoms with E-state index in [1.165, 1.54) is 0 Å². The number of rotatable bonds is 6. The second-order valence-electron chi connectivity index (χ2n) is 5.27. The van der Waals surface area contributed by atoms with Crippen molar-refractivity contribution in [1.82, 2.24) is 20.2 Å². The molecule has 0 aliphatic heterocycles.